The van der Waals surface area contributed by atoms with Crippen LogP contribution < -0.4 is 4.74 Å². The molecule has 0 amide bonds. The minimum absolute atomic E-state index is 0.0920. The summed E-state index contributed by atoms with van der Waals surface area (Å²) in [5.41, 5.74) is 4.30. The smallest absolute Gasteiger partial charge is 0.316 e. The van der Waals surface area contributed by atoms with Gasteiger partial charge in [0.15, 0.2) is 0 Å². The van der Waals surface area contributed by atoms with Gasteiger partial charge in [-0.15, -0.1) is 0 Å². The van der Waals surface area contributed by atoms with Gasteiger partial charge in [-0.3, -0.25) is 14.5 Å². The van der Waals surface area contributed by atoms with Gasteiger partial charge >= 0.3 is 12.0 Å². The Bertz CT molecular complexity index is 1020. The average Bonchev–Trinajstić information content (AvgIpc) is 3.26. The minimum Gasteiger partial charge on any atom is -0.481 e. The van der Waals surface area contributed by atoms with E-state index in [1.165, 1.54) is 24.8 Å². The fourth-order valence-corrected chi connectivity index (χ4v) is 4.25. The Labute approximate surface area is 181 Å². The quantitative estimate of drug-likeness (QED) is 0.565. The Hall–Kier alpha value is -3.29. The minimum atomic E-state index is -0.899. The summed E-state index contributed by atoms with van der Waals surface area (Å²) in [6.45, 7) is 0. The summed E-state index contributed by atoms with van der Waals surface area (Å²) >= 11 is 0. The van der Waals surface area contributed by atoms with E-state index in [1.54, 1.807) is 17.1 Å². The number of carboxylic acid groups (broad SMARTS) is 1. The monoisotopic (exact) mass is 421 g/mol. The lowest BCUT2D eigenvalue weighted by Crippen LogP contribution is -2.17. The first-order valence-corrected chi connectivity index (χ1v) is 10.7. The number of hydrogen-bond donors (Lipinski definition) is 1. The van der Waals surface area contributed by atoms with Crippen molar-refractivity contribution in [2.45, 2.75) is 51.0 Å². The lowest BCUT2D eigenvalue weighted by Gasteiger charge is -2.23. The van der Waals surface area contributed by atoms with Crippen LogP contribution in [0, 0.1) is 5.92 Å². The van der Waals surface area contributed by atoms with Crippen LogP contribution in [0.15, 0.2) is 43.0 Å². The molecule has 0 saturated carbocycles. The topological polar surface area (TPSA) is 103 Å². The van der Waals surface area contributed by atoms with Crippen LogP contribution >= 0.6 is 0 Å². The van der Waals surface area contributed by atoms with Crippen LogP contribution in [0.4, 0.5) is 0 Å². The van der Waals surface area contributed by atoms with Gasteiger partial charge in [-0.25, -0.2) is 9.97 Å². The number of ether oxygens (including phenoxy) is 1. The van der Waals surface area contributed by atoms with Crippen molar-refractivity contribution in [2.75, 3.05) is 7.11 Å². The summed E-state index contributed by atoms with van der Waals surface area (Å²) in [5.74, 6) is -0.232. The van der Waals surface area contributed by atoms with E-state index >= 15 is 0 Å². The molecule has 8 nitrogen and oxygen atoms in total. The number of pyridine rings is 1. The second-order valence-electron chi connectivity index (χ2n) is 8.01. The van der Waals surface area contributed by atoms with E-state index in [-0.39, 0.29) is 12.4 Å². The van der Waals surface area contributed by atoms with Crippen LogP contribution in [0.1, 0.15) is 54.2 Å². The zero-order valence-electron chi connectivity index (χ0n) is 17.6. The number of aliphatic carboxylic acids is 1. The molecule has 1 aliphatic rings. The molecule has 2 atom stereocenters. The number of aryl methyl sites for hydroxylation is 2. The van der Waals surface area contributed by atoms with Crippen molar-refractivity contribution in [1.82, 2.24) is 24.7 Å². The van der Waals surface area contributed by atoms with Crippen molar-refractivity contribution in [2.24, 2.45) is 5.92 Å². The maximum atomic E-state index is 11.4. The zero-order chi connectivity index (χ0) is 21.6. The number of fused-ring (bicyclic) bond motifs is 1. The van der Waals surface area contributed by atoms with Crippen molar-refractivity contribution in [3.63, 3.8) is 0 Å². The lowest BCUT2D eigenvalue weighted by atomic mass is 9.84. The number of rotatable bonds is 9. The van der Waals surface area contributed by atoms with Gasteiger partial charge in [0.2, 0.25) is 0 Å². The molecule has 0 aromatic carbocycles. The van der Waals surface area contributed by atoms with Crippen molar-refractivity contribution < 1.29 is 14.6 Å². The Balaban J connectivity index is 1.36. The van der Waals surface area contributed by atoms with E-state index in [0.717, 1.165) is 37.8 Å². The molecular weight excluding hydrogens is 394 g/mol. The normalized spacial score (nSPS) is 16.5. The van der Waals surface area contributed by atoms with Crippen molar-refractivity contribution >= 4 is 5.97 Å². The molecule has 1 N–H and O–H groups in total. The van der Waals surface area contributed by atoms with Crippen LogP contribution in [0.5, 0.6) is 6.01 Å². The number of methoxy groups -OCH3 is 1. The standard InChI is InChI=1S/C23H27N5O3/c1-31-23-25-14-18(15-26-23)21(13-22(29)30)28-11-9-19(27-28)6-2-4-16-7-8-17-5-3-10-24-20(17)12-16/h3,5,9-11,14-16,21H,2,4,6-8,12-13H2,1H3,(H,29,30)/t16-,21-/m0/s1. The molecule has 3 heterocycles. The third-order valence-corrected chi connectivity index (χ3v) is 5.90. The molecule has 162 valence electrons. The summed E-state index contributed by atoms with van der Waals surface area (Å²) in [6.07, 6.45) is 13.3. The maximum absolute atomic E-state index is 11.4. The van der Waals surface area contributed by atoms with Gasteiger partial charge in [0.1, 0.15) is 0 Å². The summed E-state index contributed by atoms with van der Waals surface area (Å²) in [4.78, 5) is 24.2. The molecule has 0 fully saturated rings. The summed E-state index contributed by atoms with van der Waals surface area (Å²) in [7, 11) is 1.49. The third kappa shape index (κ3) is 5.25. The first-order chi connectivity index (χ1) is 15.1. The molecule has 0 spiro atoms. The molecule has 3 aromatic rings. The molecular formula is C23H27N5O3. The van der Waals surface area contributed by atoms with Gasteiger partial charge in [-0.05, 0) is 62.1 Å². The highest BCUT2D eigenvalue weighted by molar-refractivity contribution is 5.68. The average molecular weight is 422 g/mol. The molecule has 0 saturated heterocycles. The van der Waals surface area contributed by atoms with E-state index in [1.807, 2.05) is 24.5 Å². The Morgan fingerprint density at radius 2 is 2.13 bits per heavy atom. The van der Waals surface area contributed by atoms with E-state index in [9.17, 15) is 9.90 Å². The highest BCUT2D eigenvalue weighted by Crippen LogP contribution is 2.27. The number of carbonyl (C=O) groups is 1. The first kappa shape index (κ1) is 21.0. The molecule has 0 bridgehead atoms. The van der Waals surface area contributed by atoms with Crippen LogP contribution in [0.25, 0.3) is 0 Å². The fraction of sp³-hybridized carbons (Fsp3) is 0.435. The van der Waals surface area contributed by atoms with Crippen LogP contribution in [-0.4, -0.2) is 42.9 Å². The van der Waals surface area contributed by atoms with E-state index < -0.39 is 12.0 Å². The van der Waals surface area contributed by atoms with Gasteiger partial charge < -0.3 is 9.84 Å². The predicted molar refractivity (Wildman–Crippen MR) is 114 cm³/mol. The highest BCUT2D eigenvalue weighted by Gasteiger charge is 2.21. The van der Waals surface area contributed by atoms with E-state index in [2.05, 4.69) is 26.1 Å². The SMILES string of the molecule is COc1ncc([C@H](CC(=O)O)n2ccc(CCC[C@H]3CCc4cccnc4C3)n2)cn1. The number of carboxylic acids is 1. The zero-order valence-corrected chi connectivity index (χ0v) is 17.6. The second kappa shape index (κ2) is 9.68. The van der Waals surface area contributed by atoms with Crippen LogP contribution in [-0.2, 0) is 24.1 Å². The molecule has 3 aromatic heterocycles. The largest absolute Gasteiger partial charge is 0.481 e. The van der Waals surface area contributed by atoms with Gasteiger partial charge in [-0.2, -0.15) is 5.10 Å². The van der Waals surface area contributed by atoms with Gasteiger partial charge in [-0.1, -0.05) is 6.07 Å². The number of hydrogen-bond acceptors (Lipinski definition) is 6. The van der Waals surface area contributed by atoms with Crippen LogP contribution in [0.2, 0.25) is 0 Å². The van der Waals surface area contributed by atoms with Crippen molar-refractivity contribution in [1.29, 1.82) is 0 Å². The number of aromatic nitrogens is 5. The Morgan fingerprint density at radius 1 is 1.29 bits per heavy atom. The summed E-state index contributed by atoms with van der Waals surface area (Å²) in [5, 5.41) is 14.0. The number of nitrogens with zero attached hydrogens (tertiary/aromatic N) is 5. The molecule has 0 unspecified atom stereocenters. The highest BCUT2D eigenvalue weighted by atomic mass is 16.5. The van der Waals surface area contributed by atoms with Gasteiger partial charge in [0.05, 0.1) is 25.3 Å². The molecule has 0 aliphatic heterocycles. The van der Waals surface area contributed by atoms with E-state index in [0.29, 0.717) is 11.5 Å². The molecule has 31 heavy (non-hydrogen) atoms. The molecule has 0 radical (unpaired) electrons. The molecule has 1 aliphatic carbocycles. The second-order valence-corrected chi connectivity index (χ2v) is 8.01. The molecule has 4 rings (SSSR count). The Kier molecular flexibility index (Phi) is 6.54. The van der Waals surface area contributed by atoms with Gasteiger partial charge in [0.25, 0.3) is 0 Å². The third-order valence-electron chi connectivity index (χ3n) is 5.90. The lowest BCUT2D eigenvalue weighted by molar-refractivity contribution is -0.137. The van der Waals surface area contributed by atoms with Gasteiger partial charge in [0, 0.05) is 36.0 Å². The Morgan fingerprint density at radius 3 is 2.90 bits per heavy atom. The van der Waals surface area contributed by atoms with Crippen molar-refractivity contribution in [3.8, 4) is 6.01 Å². The summed E-state index contributed by atoms with van der Waals surface area (Å²) < 4.78 is 6.69. The van der Waals surface area contributed by atoms with E-state index in [4.69, 9.17) is 4.74 Å². The predicted octanol–water partition coefficient (Wildman–Crippen LogP) is 3.27. The van der Waals surface area contributed by atoms with Crippen LogP contribution in [0.3, 0.4) is 0 Å². The maximum Gasteiger partial charge on any atom is 0.316 e. The fourth-order valence-electron chi connectivity index (χ4n) is 4.25. The van der Waals surface area contributed by atoms with Crippen molar-refractivity contribution in [3.05, 3.63) is 65.5 Å². The molecule has 8 heteroatoms. The summed E-state index contributed by atoms with van der Waals surface area (Å²) in [6, 6.07) is 5.96. The first-order valence-electron chi connectivity index (χ1n) is 10.7.